The third-order valence-electron chi connectivity index (χ3n) is 0.807. The van der Waals surface area contributed by atoms with Crippen molar-refractivity contribution in [1.82, 2.24) is 10.6 Å². The Morgan fingerprint density at radius 2 is 2.09 bits per heavy atom. The second-order valence-electron chi connectivity index (χ2n) is 1.75. The minimum atomic E-state index is -1.07. The van der Waals surface area contributed by atoms with E-state index in [1.807, 2.05) is 0 Å². The summed E-state index contributed by atoms with van der Waals surface area (Å²) in [5.74, 6) is -1.07. The van der Waals surface area contributed by atoms with Crippen molar-refractivity contribution < 1.29 is 14.7 Å². The van der Waals surface area contributed by atoms with E-state index in [0.29, 0.717) is 6.54 Å². The lowest BCUT2D eigenvalue weighted by atomic mass is 10.6. The lowest BCUT2D eigenvalue weighted by Gasteiger charge is -2.01. The Balaban J connectivity index is 3.37. The Bertz CT molecular complexity index is 167. The molecule has 5 nitrogen and oxygen atoms in total. The molecule has 0 aliphatic heterocycles. The standard InChI is InChI=1S/C6H10N2O3/c1-2-3-7-6(11)8-4-5(9)10/h2H,1,3-4H2,(H,9,10)(H2,7,8,11). The molecule has 0 aromatic heterocycles. The fraction of sp³-hybridized carbons (Fsp3) is 0.333. The summed E-state index contributed by atoms with van der Waals surface area (Å²) in [4.78, 5) is 20.5. The van der Waals surface area contributed by atoms with Crippen LogP contribution >= 0.6 is 0 Å². The van der Waals surface area contributed by atoms with Crippen LogP contribution in [0.25, 0.3) is 0 Å². The van der Waals surface area contributed by atoms with Crippen molar-refractivity contribution in [1.29, 1.82) is 0 Å². The van der Waals surface area contributed by atoms with E-state index in [1.165, 1.54) is 6.08 Å². The predicted molar refractivity (Wildman–Crippen MR) is 39.2 cm³/mol. The monoisotopic (exact) mass is 158 g/mol. The van der Waals surface area contributed by atoms with Crippen LogP contribution in [0.2, 0.25) is 0 Å². The molecule has 0 rings (SSSR count). The molecule has 0 aliphatic rings. The Hall–Kier alpha value is -1.52. The van der Waals surface area contributed by atoms with Crippen LogP contribution in [0.1, 0.15) is 0 Å². The number of carbonyl (C=O) groups is 2. The van der Waals surface area contributed by atoms with Gasteiger partial charge in [0, 0.05) is 6.54 Å². The molecule has 0 aromatic rings. The van der Waals surface area contributed by atoms with Crippen LogP contribution in [0.5, 0.6) is 0 Å². The molecular weight excluding hydrogens is 148 g/mol. The normalized spacial score (nSPS) is 8.36. The lowest BCUT2D eigenvalue weighted by molar-refractivity contribution is -0.135. The van der Waals surface area contributed by atoms with Gasteiger partial charge in [0.15, 0.2) is 0 Å². The molecule has 0 heterocycles. The molecule has 0 saturated heterocycles. The first kappa shape index (κ1) is 9.48. The molecule has 11 heavy (non-hydrogen) atoms. The predicted octanol–water partition coefficient (Wildman–Crippen LogP) is -0.444. The highest BCUT2D eigenvalue weighted by Gasteiger charge is 1.99. The van der Waals surface area contributed by atoms with Gasteiger partial charge in [-0.3, -0.25) is 4.79 Å². The number of rotatable bonds is 4. The largest absolute Gasteiger partial charge is 0.480 e. The van der Waals surface area contributed by atoms with Crippen molar-refractivity contribution in [2.24, 2.45) is 0 Å². The van der Waals surface area contributed by atoms with Gasteiger partial charge in [-0.25, -0.2) is 4.79 Å². The van der Waals surface area contributed by atoms with Crippen LogP contribution in [0, 0.1) is 0 Å². The fourth-order valence-corrected chi connectivity index (χ4v) is 0.383. The smallest absolute Gasteiger partial charge is 0.323 e. The van der Waals surface area contributed by atoms with Gasteiger partial charge in [0.05, 0.1) is 0 Å². The zero-order valence-corrected chi connectivity index (χ0v) is 5.96. The average molecular weight is 158 g/mol. The van der Waals surface area contributed by atoms with E-state index in [4.69, 9.17) is 5.11 Å². The minimum Gasteiger partial charge on any atom is -0.480 e. The number of carboxylic acids is 1. The maximum Gasteiger partial charge on any atom is 0.323 e. The Morgan fingerprint density at radius 1 is 1.45 bits per heavy atom. The summed E-state index contributed by atoms with van der Waals surface area (Å²) in [6, 6.07) is -0.507. The van der Waals surface area contributed by atoms with Gasteiger partial charge >= 0.3 is 12.0 Å². The van der Waals surface area contributed by atoms with Crippen LogP contribution in [0.15, 0.2) is 12.7 Å². The average Bonchev–Trinajstić information content (AvgIpc) is 1.97. The van der Waals surface area contributed by atoms with Crippen molar-refractivity contribution in [3.8, 4) is 0 Å². The molecule has 0 aliphatic carbocycles. The summed E-state index contributed by atoms with van der Waals surface area (Å²) in [6.45, 7) is 3.32. The molecule has 3 N–H and O–H groups in total. The van der Waals surface area contributed by atoms with Crippen molar-refractivity contribution in [2.75, 3.05) is 13.1 Å². The van der Waals surface area contributed by atoms with E-state index >= 15 is 0 Å². The number of carboxylic acid groups (broad SMARTS) is 1. The van der Waals surface area contributed by atoms with Crippen molar-refractivity contribution in [3.63, 3.8) is 0 Å². The molecule has 62 valence electrons. The van der Waals surface area contributed by atoms with E-state index in [0.717, 1.165) is 0 Å². The van der Waals surface area contributed by atoms with Crippen LogP contribution in [0.3, 0.4) is 0 Å². The van der Waals surface area contributed by atoms with E-state index in [9.17, 15) is 9.59 Å². The number of aliphatic carboxylic acids is 1. The second-order valence-corrected chi connectivity index (χ2v) is 1.75. The van der Waals surface area contributed by atoms with E-state index in [1.54, 1.807) is 0 Å². The minimum absolute atomic E-state index is 0.325. The molecule has 0 atom stereocenters. The van der Waals surface area contributed by atoms with Gasteiger partial charge in [0.2, 0.25) is 0 Å². The number of amides is 2. The van der Waals surface area contributed by atoms with Crippen LogP contribution < -0.4 is 10.6 Å². The summed E-state index contributed by atoms with van der Waals surface area (Å²) >= 11 is 0. The third kappa shape index (κ3) is 6.36. The topological polar surface area (TPSA) is 78.4 Å². The third-order valence-corrected chi connectivity index (χ3v) is 0.807. The fourth-order valence-electron chi connectivity index (χ4n) is 0.383. The number of carbonyl (C=O) groups excluding carboxylic acids is 1. The first-order valence-electron chi connectivity index (χ1n) is 3.01. The first-order chi connectivity index (χ1) is 5.16. The highest BCUT2D eigenvalue weighted by atomic mass is 16.4. The number of nitrogens with one attached hydrogen (secondary N) is 2. The Labute approximate surface area is 64.1 Å². The summed E-state index contributed by atoms with van der Waals surface area (Å²) in [6.07, 6.45) is 1.50. The van der Waals surface area contributed by atoms with Crippen LogP contribution in [-0.2, 0) is 4.79 Å². The maximum atomic E-state index is 10.6. The second kappa shape index (κ2) is 5.28. The zero-order chi connectivity index (χ0) is 8.69. The highest BCUT2D eigenvalue weighted by Crippen LogP contribution is 1.66. The van der Waals surface area contributed by atoms with Gasteiger partial charge < -0.3 is 15.7 Å². The van der Waals surface area contributed by atoms with Gasteiger partial charge in [-0.05, 0) is 0 Å². The summed E-state index contributed by atoms with van der Waals surface area (Å²) in [5.41, 5.74) is 0. The van der Waals surface area contributed by atoms with Crippen molar-refractivity contribution in [2.45, 2.75) is 0 Å². The number of hydrogen-bond acceptors (Lipinski definition) is 2. The Morgan fingerprint density at radius 3 is 2.55 bits per heavy atom. The van der Waals surface area contributed by atoms with Gasteiger partial charge in [-0.2, -0.15) is 0 Å². The van der Waals surface area contributed by atoms with E-state index < -0.39 is 12.0 Å². The first-order valence-corrected chi connectivity index (χ1v) is 3.01. The van der Waals surface area contributed by atoms with Gasteiger partial charge in [-0.1, -0.05) is 6.08 Å². The molecule has 0 spiro atoms. The van der Waals surface area contributed by atoms with E-state index in [-0.39, 0.29) is 6.54 Å². The zero-order valence-electron chi connectivity index (χ0n) is 5.96. The van der Waals surface area contributed by atoms with Gasteiger partial charge in [-0.15, -0.1) is 6.58 Å². The highest BCUT2D eigenvalue weighted by molar-refractivity contribution is 5.79. The molecule has 5 heteroatoms. The van der Waals surface area contributed by atoms with Crippen molar-refractivity contribution in [3.05, 3.63) is 12.7 Å². The van der Waals surface area contributed by atoms with Gasteiger partial charge in [0.25, 0.3) is 0 Å². The summed E-state index contributed by atoms with van der Waals surface area (Å²) in [7, 11) is 0. The lowest BCUT2D eigenvalue weighted by Crippen LogP contribution is -2.38. The van der Waals surface area contributed by atoms with Crippen LogP contribution in [0.4, 0.5) is 4.79 Å². The summed E-state index contributed by atoms with van der Waals surface area (Å²) < 4.78 is 0. The molecule has 0 unspecified atom stereocenters. The number of hydrogen-bond donors (Lipinski definition) is 3. The molecule has 0 aromatic carbocycles. The molecule has 0 radical (unpaired) electrons. The summed E-state index contributed by atoms with van der Waals surface area (Å²) in [5, 5.41) is 12.6. The SMILES string of the molecule is C=CCNC(=O)NCC(=O)O. The van der Waals surface area contributed by atoms with E-state index in [2.05, 4.69) is 17.2 Å². The van der Waals surface area contributed by atoms with Gasteiger partial charge in [0.1, 0.15) is 6.54 Å². The van der Waals surface area contributed by atoms with Crippen LogP contribution in [-0.4, -0.2) is 30.2 Å². The quantitative estimate of drug-likeness (QED) is 0.485. The maximum absolute atomic E-state index is 10.6. The molecular formula is C6H10N2O3. The molecule has 0 saturated carbocycles. The van der Waals surface area contributed by atoms with Crippen molar-refractivity contribution >= 4 is 12.0 Å². The number of urea groups is 1. The molecule has 0 bridgehead atoms. The molecule has 2 amide bonds. The molecule has 0 fully saturated rings. The Kier molecular flexibility index (Phi) is 4.55.